The first-order chi connectivity index (χ1) is 37.8. The molecule has 0 radical (unpaired) electrons. The zero-order valence-electron chi connectivity index (χ0n) is 44.7. The first-order valence-electron chi connectivity index (χ1n) is 26.1. The van der Waals surface area contributed by atoms with Crippen LogP contribution < -0.4 is 10.6 Å². The Morgan fingerprint density at radius 3 is 1.22 bits per heavy atom. The molecule has 10 nitrogen and oxygen atoms in total. The summed E-state index contributed by atoms with van der Waals surface area (Å²) in [5, 5.41) is 8.52. The highest BCUT2D eigenvalue weighted by Gasteiger charge is 2.18. The van der Waals surface area contributed by atoms with E-state index in [0.717, 1.165) is 58.9 Å². The Morgan fingerprint density at radius 1 is 0.436 bits per heavy atom. The summed E-state index contributed by atoms with van der Waals surface area (Å²) in [6.45, 7) is 12.5. The van der Waals surface area contributed by atoms with Gasteiger partial charge in [-0.1, -0.05) is 186 Å². The van der Waals surface area contributed by atoms with Crippen LogP contribution in [0, 0.1) is 0 Å². The van der Waals surface area contributed by atoms with Gasteiger partial charge < -0.3 is 19.8 Å². The number of carbonyl (C=O) groups is 2. The van der Waals surface area contributed by atoms with E-state index >= 15 is 0 Å². The minimum absolute atomic E-state index is 0.000337. The molecule has 2 unspecified atom stereocenters. The molecule has 0 saturated carbocycles. The van der Waals surface area contributed by atoms with Gasteiger partial charge in [0.1, 0.15) is 0 Å². The lowest BCUT2D eigenvalue weighted by Crippen LogP contribution is -2.28. The summed E-state index contributed by atoms with van der Waals surface area (Å²) >= 11 is 0. The number of amides is 2. The van der Waals surface area contributed by atoms with E-state index in [0.29, 0.717) is 11.1 Å². The number of rotatable bonds is 14. The maximum Gasteiger partial charge on any atom is 0.373 e. The number of fused-ring (bicyclic) bond motifs is 2. The summed E-state index contributed by atoms with van der Waals surface area (Å²) in [5.41, 5.74) is 14.7. The predicted molar refractivity (Wildman–Crippen MR) is 308 cm³/mol. The minimum atomic E-state index is -0.0412. The summed E-state index contributed by atoms with van der Waals surface area (Å²) in [7, 11) is 0. The van der Waals surface area contributed by atoms with E-state index in [4.69, 9.17) is 19.2 Å². The molecule has 0 saturated heterocycles. The van der Waals surface area contributed by atoms with Crippen molar-refractivity contribution in [3.63, 3.8) is 0 Å². The fraction of sp³-hybridized carbons (Fsp3) is 0.176. The molecule has 0 aliphatic heterocycles. The Hall–Kier alpha value is -9.46. The van der Waals surface area contributed by atoms with Gasteiger partial charge in [-0.05, 0) is 129 Å². The minimum Gasteiger partial charge on any atom is -0.345 e. The van der Waals surface area contributed by atoms with Gasteiger partial charge >= 0.3 is 12.3 Å². The summed E-state index contributed by atoms with van der Waals surface area (Å²) in [5.74, 6) is -0.0820. The van der Waals surface area contributed by atoms with Crippen molar-refractivity contribution in [1.82, 2.24) is 19.8 Å². The molecule has 392 valence electrons. The van der Waals surface area contributed by atoms with Gasteiger partial charge in [0.2, 0.25) is 0 Å². The van der Waals surface area contributed by atoms with Gasteiger partial charge in [0.15, 0.2) is 0 Å². The molecular formula is C68H64N4O6. The second-order valence-corrected chi connectivity index (χ2v) is 19.9. The highest BCUT2D eigenvalue weighted by molar-refractivity contribution is 5.99. The Morgan fingerprint density at radius 2 is 0.808 bits per heavy atom. The van der Waals surface area contributed by atoms with Gasteiger partial charge in [0.25, 0.3) is 11.8 Å². The van der Waals surface area contributed by atoms with Gasteiger partial charge in [0, 0.05) is 58.4 Å². The van der Waals surface area contributed by atoms with Crippen LogP contribution in [0.1, 0.15) is 108 Å². The first kappa shape index (κ1) is 56.3. The molecule has 2 heterocycles. The monoisotopic (exact) mass is 1030 g/mol. The molecule has 0 fully saturated rings. The standard InChI is InChI=1S/C35H36N2O.C31H28N2O.2CO2/c1-5-32(26-12-7-6-8-13-26)36-34(38)30-17-18-33-29(22-30)19-20-37(33)24-25-11-9-14-27(21-25)28-15-10-16-31(23-28)35(2,3)4;1-2-29(25-13-7-4-8-14-25)32-31(34)28-16-17-30-27(21-28)18-19-33(30)22-23-10-9-15-26(20-23)24-11-5-3-6-12-24;2*2-1-3/h6-23,32H,5,24H2,1-4H3,(H,36,38);3-21,29H,2,22H2,1H3,(H,32,34);;. The molecule has 2 amide bonds. The van der Waals surface area contributed by atoms with E-state index in [2.05, 4.69) is 212 Å². The second-order valence-electron chi connectivity index (χ2n) is 19.9. The number of hydrogen-bond acceptors (Lipinski definition) is 6. The highest BCUT2D eigenvalue weighted by atomic mass is 16.2. The number of benzene rings is 8. The van der Waals surface area contributed by atoms with Gasteiger partial charge in [-0.2, -0.15) is 19.2 Å². The van der Waals surface area contributed by atoms with Crippen molar-refractivity contribution in [2.24, 2.45) is 0 Å². The summed E-state index contributed by atoms with van der Waals surface area (Å²) < 4.78 is 4.49. The van der Waals surface area contributed by atoms with Crippen LogP contribution in [0.4, 0.5) is 0 Å². The zero-order valence-corrected chi connectivity index (χ0v) is 44.7. The molecule has 2 atom stereocenters. The molecule has 0 aliphatic rings. The lowest BCUT2D eigenvalue weighted by molar-refractivity contribution is -0.193. The summed E-state index contributed by atoms with van der Waals surface area (Å²) in [6.07, 6.45) is 6.39. The molecule has 0 bridgehead atoms. The maximum atomic E-state index is 13.1. The number of carbonyl (C=O) groups excluding carboxylic acids is 6. The quantitative estimate of drug-likeness (QED) is 0.111. The second kappa shape index (κ2) is 27.4. The third-order valence-corrected chi connectivity index (χ3v) is 13.6. The van der Waals surface area contributed by atoms with E-state index in [1.165, 1.54) is 38.9 Å². The van der Waals surface area contributed by atoms with Crippen LogP contribution in [-0.2, 0) is 37.7 Å². The van der Waals surface area contributed by atoms with Crippen molar-refractivity contribution in [3.05, 3.63) is 264 Å². The summed E-state index contributed by atoms with van der Waals surface area (Å²) in [6, 6.07) is 73.2. The lowest BCUT2D eigenvalue weighted by Gasteiger charge is -2.20. The van der Waals surface area contributed by atoms with Crippen LogP contribution in [0.15, 0.2) is 225 Å². The van der Waals surface area contributed by atoms with E-state index in [1.54, 1.807) is 0 Å². The van der Waals surface area contributed by atoms with E-state index in [-0.39, 0.29) is 41.6 Å². The normalized spacial score (nSPS) is 11.4. The van der Waals surface area contributed by atoms with Crippen molar-refractivity contribution in [2.45, 2.75) is 78.0 Å². The molecule has 2 aromatic heterocycles. The fourth-order valence-corrected chi connectivity index (χ4v) is 9.54. The highest BCUT2D eigenvalue weighted by Crippen LogP contribution is 2.30. The number of aromatic nitrogens is 2. The van der Waals surface area contributed by atoms with Crippen molar-refractivity contribution in [2.75, 3.05) is 0 Å². The van der Waals surface area contributed by atoms with Crippen LogP contribution in [0.5, 0.6) is 0 Å². The van der Waals surface area contributed by atoms with Crippen LogP contribution in [-0.4, -0.2) is 33.3 Å². The van der Waals surface area contributed by atoms with Crippen molar-refractivity contribution in [1.29, 1.82) is 0 Å². The van der Waals surface area contributed by atoms with Crippen molar-refractivity contribution in [3.8, 4) is 22.3 Å². The number of hydrogen-bond donors (Lipinski definition) is 2. The average molecular weight is 1030 g/mol. The van der Waals surface area contributed by atoms with E-state index in [9.17, 15) is 9.59 Å². The average Bonchev–Trinajstić information content (AvgIpc) is 4.09. The molecule has 0 aliphatic carbocycles. The Labute approximate surface area is 456 Å². The fourth-order valence-electron chi connectivity index (χ4n) is 9.54. The molecular weight excluding hydrogens is 969 g/mol. The largest absolute Gasteiger partial charge is 0.373 e. The van der Waals surface area contributed by atoms with Crippen LogP contribution >= 0.6 is 0 Å². The van der Waals surface area contributed by atoms with Crippen LogP contribution in [0.3, 0.4) is 0 Å². The van der Waals surface area contributed by atoms with Crippen molar-refractivity contribution >= 4 is 45.9 Å². The van der Waals surface area contributed by atoms with Crippen LogP contribution in [0.2, 0.25) is 0 Å². The smallest absolute Gasteiger partial charge is 0.345 e. The van der Waals surface area contributed by atoms with Crippen LogP contribution in [0.25, 0.3) is 44.1 Å². The number of nitrogens with zero attached hydrogens (tertiary/aromatic N) is 2. The van der Waals surface area contributed by atoms with Gasteiger partial charge in [-0.15, -0.1) is 0 Å². The van der Waals surface area contributed by atoms with E-state index in [1.807, 2.05) is 66.7 Å². The molecule has 2 N–H and O–H groups in total. The molecule has 0 spiro atoms. The Kier molecular flexibility index (Phi) is 19.7. The topological polar surface area (TPSA) is 136 Å². The Balaban J connectivity index is 0.000000207. The first-order valence-corrected chi connectivity index (χ1v) is 26.1. The van der Waals surface area contributed by atoms with Gasteiger partial charge in [0.05, 0.1) is 12.1 Å². The van der Waals surface area contributed by atoms with Crippen molar-refractivity contribution < 1.29 is 28.8 Å². The van der Waals surface area contributed by atoms with Gasteiger partial charge in [-0.3, -0.25) is 9.59 Å². The van der Waals surface area contributed by atoms with E-state index < -0.39 is 0 Å². The molecule has 10 rings (SSSR count). The van der Waals surface area contributed by atoms with Gasteiger partial charge in [-0.25, -0.2) is 0 Å². The third-order valence-electron chi connectivity index (χ3n) is 13.6. The molecule has 10 aromatic rings. The molecule has 8 aromatic carbocycles. The Bertz CT molecular complexity index is 3630. The summed E-state index contributed by atoms with van der Waals surface area (Å²) in [4.78, 5) is 58.6. The predicted octanol–water partition coefficient (Wildman–Crippen LogP) is 14.6. The zero-order chi connectivity index (χ0) is 55.4. The third kappa shape index (κ3) is 14.9. The maximum absolute atomic E-state index is 13.1. The SMILES string of the molecule is CCC(NC(=O)c1ccc2c(ccn2Cc2cccc(-c3cccc(C(C)(C)C)c3)c2)c1)c1ccccc1.CCC(NC(=O)c1ccc2c(ccn2Cc2cccc(-c3ccccc3)c2)c1)c1ccccc1.O=C=O.O=C=O. The number of nitrogens with one attached hydrogen (secondary N) is 2. The molecule has 10 heteroatoms. The molecule has 78 heavy (non-hydrogen) atoms. The lowest BCUT2D eigenvalue weighted by atomic mass is 9.85.